The van der Waals surface area contributed by atoms with Crippen LogP contribution in [0.3, 0.4) is 0 Å². The second kappa shape index (κ2) is 4.52. The second-order valence-corrected chi connectivity index (χ2v) is 4.21. The molecule has 1 N–H and O–H groups in total. The molecule has 2 rings (SSSR count). The largest absolute Gasteiger partial charge is 0.361 e. The van der Waals surface area contributed by atoms with E-state index in [1.165, 1.54) is 22.0 Å². The predicted octanol–water partition coefficient (Wildman–Crippen LogP) is 3.25. The van der Waals surface area contributed by atoms with Crippen molar-refractivity contribution in [3.63, 3.8) is 0 Å². The van der Waals surface area contributed by atoms with Gasteiger partial charge < -0.3 is 9.78 Å². The molecule has 2 heteroatoms. The molecule has 0 aliphatic heterocycles. The highest BCUT2D eigenvalue weighted by Crippen LogP contribution is 2.23. The predicted molar refractivity (Wildman–Crippen MR) is 66.7 cm³/mol. The number of nitrogens with one attached hydrogen (secondary N) is 1. The normalized spacial score (nSPS) is 10.9. The summed E-state index contributed by atoms with van der Waals surface area (Å²) in [5, 5.41) is 1.26. The van der Waals surface area contributed by atoms with Gasteiger partial charge in [-0.25, -0.2) is 0 Å². The van der Waals surface area contributed by atoms with E-state index in [9.17, 15) is 4.79 Å². The van der Waals surface area contributed by atoms with Gasteiger partial charge in [-0.15, -0.1) is 0 Å². The Kier molecular flexibility index (Phi) is 3.09. The van der Waals surface area contributed by atoms with Crippen LogP contribution in [-0.4, -0.2) is 10.8 Å². The quantitative estimate of drug-likeness (QED) is 0.834. The van der Waals surface area contributed by atoms with Crippen LogP contribution in [0.4, 0.5) is 0 Å². The first-order valence-corrected chi connectivity index (χ1v) is 5.79. The smallest absolute Gasteiger partial charge is 0.130 e. The first-order chi connectivity index (χ1) is 7.72. The molecule has 2 nitrogen and oxygen atoms in total. The molecule has 2 aromatic rings. The van der Waals surface area contributed by atoms with Crippen molar-refractivity contribution in [3.8, 4) is 0 Å². The lowest BCUT2D eigenvalue weighted by Crippen LogP contribution is -1.93. The van der Waals surface area contributed by atoms with Gasteiger partial charge in [0.25, 0.3) is 0 Å². The molecule has 0 atom stereocenters. The van der Waals surface area contributed by atoms with E-state index in [-0.39, 0.29) is 5.78 Å². The highest BCUT2D eigenvalue weighted by atomic mass is 16.1. The van der Waals surface area contributed by atoms with Crippen molar-refractivity contribution >= 4 is 16.7 Å². The summed E-state index contributed by atoms with van der Waals surface area (Å²) in [6.07, 6.45) is 4.53. The van der Waals surface area contributed by atoms with E-state index in [2.05, 4.69) is 30.1 Å². The van der Waals surface area contributed by atoms with Crippen LogP contribution in [0.5, 0.6) is 0 Å². The standard InChI is InChI=1S/C14H17NO/c1-3-11-5-4-6-13-12(8-7-10(2)16)9-15-14(11)13/h4-6,9,15H,3,7-8H2,1-2H3. The van der Waals surface area contributed by atoms with Crippen molar-refractivity contribution in [2.75, 3.05) is 0 Å². The fraction of sp³-hybridized carbons (Fsp3) is 0.357. The Hall–Kier alpha value is -1.57. The molecule has 0 radical (unpaired) electrons. The zero-order valence-electron chi connectivity index (χ0n) is 9.84. The van der Waals surface area contributed by atoms with Crippen molar-refractivity contribution in [3.05, 3.63) is 35.5 Å². The van der Waals surface area contributed by atoms with Gasteiger partial charge in [0, 0.05) is 23.5 Å². The zero-order chi connectivity index (χ0) is 11.5. The highest BCUT2D eigenvalue weighted by Gasteiger charge is 2.06. The van der Waals surface area contributed by atoms with E-state index < -0.39 is 0 Å². The van der Waals surface area contributed by atoms with Crippen molar-refractivity contribution in [1.29, 1.82) is 0 Å². The lowest BCUT2D eigenvalue weighted by atomic mass is 10.0. The third-order valence-electron chi connectivity index (χ3n) is 3.01. The molecular weight excluding hydrogens is 198 g/mol. The van der Waals surface area contributed by atoms with E-state index in [0.29, 0.717) is 6.42 Å². The first kappa shape index (κ1) is 10.9. The van der Waals surface area contributed by atoms with Crippen LogP contribution in [0.15, 0.2) is 24.4 Å². The van der Waals surface area contributed by atoms with Crippen LogP contribution >= 0.6 is 0 Å². The zero-order valence-corrected chi connectivity index (χ0v) is 9.84. The third-order valence-corrected chi connectivity index (χ3v) is 3.01. The summed E-state index contributed by atoms with van der Waals surface area (Å²) in [6.45, 7) is 3.80. The first-order valence-electron chi connectivity index (χ1n) is 5.79. The number of ketones is 1. The number of fused-ring (bicyclic) bond motifs is 1. The molecule has 1 heterocycles. The molecule has 0 spiro atoms. The van der Waals surface area contributed by atoms with Gasteiger partial charge in [0.1, 0.15) is 5.78 Å². The molecule has 0 unspecified atom stereocenters. The number of carbonyl (C=O) groups is 1. The Bertz CT molecular complexity index is 510. The minimum absolute atomic E-state index is 0.251. The van der Waals surface area contributed by atoms with Crippen LogP contribution in [0.25, 0.3) is 10.9 Å². The maximum absolute atomic E-state index is 11.0. The number of hydrogen-bond donors (Lipinski definition) is 1. The van der Waals surface area contributed by atoms with E-state index in [4.69, 9.17) is 0 Å². The lowest BCUT2D eigenvalue weighted by Gasteiger charge is -2.00. The number of aromatic amines is 1. The van der Waals surface area contributed by atoms with Gasteiger partial charge in [0.15, 0.2) is 0 Å². The molecule has 0 aliphatic carbocycles. The number of Topliss-reactive ketones (excluding diaryl/α,β-unsaturated/α-hetero) is 1. The summed E-state index contributed by atoms with van der Waals surface area (Å²) in [6, 6.07) is 6.36. The molecule has 84 valence electrons. The molecule has 0 saturated heterocycles. The minimum Gasteiger partial charge on any atom is -0.361 e. The topological polar surface area (TPSA) is 32.9 Å². The molecule has 16 heavy (non-hydrogen) atoms. The Morgan fingerprint density at radius 3 is 2.81 bits per heavy atom. The van der Waals surface area contributed by atoms with Gasteiger partial charge in [-0.3, -0.25) is 0 Å². The third kappa shape index (κ3) is 2.01. The number of benzene rings is 1. The second-order valence-electron chi connectivity index (χ2n) is 4.21. The van der Waals surface area contributed by atoms with Crippen LogP contribution in [0.2, 0.25) is 0 Å². The number of rotatable bonds is 4. The van der Waals surface area contributed by atoms with Gasteiger partial charge in [-0.05, 0) is 30.9 Å². The molecule has 0 bridgehead atoms. The Morgan fingerprint density at radius 2 is 2.12 bits per heavy atom. The maximum Gasteiger partial charge on any atom is 0.130 e. The van der Waals surface area contributed by atoms with E-state index >= 15 is 0 Å². The van der Waals surface area contributed by atoms with E-state index in [0.717, 1.165) is 12.8 Å². The van der Waals surface area contributed by atoms with Crippen molar-refractivity contribution < 1.29 is 4.79 Å². The maximum atomic E-state index is 11.0. The highest BCUT2D eigenvalue weighted by molar-refractivity contribution is 5.86. The summed E-state index contributed by atoms with van der Waals surface area (Å²) < 4.78 is 0. The van der Waals surface area contributed by atoms with Gasteiger partial charge in [-0.1, -0.05) is 25.1 Å². The number of para-hydroxylation sites is 1. The summed E-state index contributed by atoms with van der Waals surface area (Å²) in [5.74, 6) is 0.251. The van der Waals surface area contributed by atoms with Gasteiger partial charge in [0.2, 0.25) is 0 Å². The van der Waals surface area contributed by atoms with Gasteiger partial charge >= 0.3 is 0 Å². The summed E-state index contributed by atoms with van der Waals surface area (Å²) >= 11 is 0. The van der Waals surface area contributed by atoms with Crippen LogP contribution in [-0.2, 0) is 17.6 Å². The van der Waals surface area contributed by atoms with Crippen molar-refractivity contribution in [1.82, 2.24) is 4.98 Å². The average Bonchev–Trinajstić information content (AvgIpc) is 2.69. The van der Waals surface area contributed by atoms with Crippen molar-refractivity contribution in [2.45, 2.75) is 33.1 Å². The number of hydrogen-bond acceptors (Lipinski definition) is 1. The van der Waals surface area contributed by atoms with Crippen molar-refractivity contribution in [2.24, 2.45) is 0 Å². The van der Waals surface area contributed by atoms with Crippen LogP contribution in [0.1, 0.15) is 31.4 Å². The molecular formula is C14H17NO. The SMILES string of the molecule is CCc1cccc2c(CCC(C)=O)c[nH]c12. The molecule has 0 saturated carbocycles. The molecule has 0 aliphatic rings. The number of carbonyl (C=O) groups excluding carboxylic acids is 1. The average molecular weight is 215 g/mol. The minimum atomic E-state index is 0.251. The monoisotopic (exact) mass is 215 g/mol. The summed E-state index contributed by atoms with van der Waals surface area (Å²) in [5.41, 5.74) is 3.82. The number of H-pyrrole nitrogens is 1. The molecule has 1 aromatic heterocycles. The van der Waals surface area contributed by atoms with Gasteiger partial charge in [-0.2, -0.15) is 0 Å². The molecule has 0 amide bonds. The Labute approximate surface area is 95.7 Å². The van der Waals surface area contributed by atoms with E-state index in [1.54, 1.807) is 6.92 Å². The molecule has 1 aromatic carbocycles. The number of aromatic nitrogens is 1. The molecule has 0 fully saturated rings. The van der Waals surface area contributed by atoms with Crippen LogP contribution < -0.4 is 0 Å². The number of aryl methyl sites for hydroxylation is 2. The van der Waals surface area contributed by atoms with Gasteiger partial charge in [0.05, 0.1) is 0 Å². The summed E-state index contributed by atoms with van der Waals surface area (Å²) in [7, 11) is 0. The fourth-order valence-corrected chi connectivity index (χ4v) is 2.09. The Morgan fingerprint density at radius 1 is 1.31 bits per heavy atom. The van der Waals surface area contributed by atoms with Crippen LogP contribution in [0, 0.1) is 0 Å². The Balaban J connectivity index is 2.37. The van der Waals surface area contributed by atoms with E-state index in [1.807, 2.05) is 6.20 Å². The fourth-order valence-electron chi connectivity index (χ4n) is 2.09. The summed E-state index contributed by atoms with van der Waals surface area (Å²) in [4.78, 5) is 14.3. The lowest BCUT2D eigenvalue weighted by molar-refractivity contribution is -0.116.